The van der Waals surface area contributed by atoms with Crippen molar-refractivity contribution >= 4 is 5.91 Å². The zero-order valence-corrected chi connectivity index (χ0v) is 10.4. The highest BCUT2D eigenvalue weighted by Gasteiger charge is 2.21. The summed E-state index contributed by atoms with van der Waals surface area (Å²) in [7, 11) is 1.79. The molecule has 1 heterocycles. The summed E-state index contributed by atoms with van der Waals surface area (Å²) in [5.41, 5.74) is 7.33. The Kier molecular flexibility index (Phi) is 3.47. The maximum Gasteiger partial charge on any atom is 0.269 e. The van der Waals surface area contributed by atoms with Gasteiger partial charge in [-0.3, -0.25) is 9.48 Å². The standard InChI is InChI=1S/C12H20N4O/c1-8-7-11(16(2)15-8)12(17)14-10-5-3-9(13)4-6-10/h7,9-10H,3-6,13H2,1-2H3,(H,14,17). The minimum Gasteiger partial charge on any atom is -0.348 e. The second kappa shape index (κ2) is 4.87. The Morgan fingerprint density at radius 2 is 2.12 bits per heavy atom. The summed E-state index contributed by atoms with van der Waals surface area (Å²) >= 11 is 0. The second-order valence-corrected chi connectivity index (χ2v) is 4.88. The van der Waals surface area contributed by atoms with E-state index in [1.807, 2.05) is 13.0 Å². The molecule has 0 bridgehead atoms. The van der Waals surface area contributed by atoms with Crippen molar-refractivity contribution in [1.29, 1.82) is 0 Å². The molecule has 1 aliphatic rings. The number of carbonyl (C=O) groups is 1. The molecule has 94 valence electrons. The zero-order valence-electron chi connectivity index (χ0n) is 10.4. The van der Waals surface area contributed by atoms with Crippen LogP contribution in [-0.2, 0) is 7.05 Å². The van der Waals surface area contributed by atoms with Crippen LogP contribution in [0, 0.1) is 6.92 Å². The van der Waals surface area contributed by atoms with Crippen molar-refractivity contribution in [3.05, 3.63) is 17.5 Å². The first kappa shape index (κ1) is 12.1. The quantitative estimate of drug-likeness (QED) is 0.795. The van der Waals surface area contributed by atoms with E-state index in [0.717, 1.165) is 31.4 Å². The van der Waals surface area contributed by atoms with E-state index in [4.69, 9.17) is 5.73 Å². The first-order chi connectivity index (χ1) is 8.06. The SMILES string of the molecule is Cc1cc(C(=O)NC2CCC(N)CC2)n(C)n1. The van der Waals surface area contributed by atoms with Gasteiger partial charge in [0, 0.05) is 19.1 Å². The number of hydrogen-bond acceptors (Lipinski definition) is 3. The van der Waals surface area contributed by atoms with E-state index < -0.39 is 0 Å². The Balaban J connectivity index is 1.95. The van der Waals surface area contributed by atoms with Gasteiger partial charge in [0.05, 0.1) is 5.69 Å². The molecule has 1 fully saturated rings. The molecule has 5 heteroatoms. The second-order valence-electron chi connectivity index (χ2n) is 4.88. The van der Waals surface area contributed by atoms with Gasteiger partial charge in [-0.1, -0.05) is 0 Å². The Morgan fingerprint density at radius 3 is 2.65 bits per heavy atom. The van der Waals surface area contributed by atoms with Crippen LogP contribution in [0.5, 0.6) is 0 Å². The maximum atomic E-state index is 12.0. The van der Waals surface area contributed by atoms with Crippen molar-refractivity contribution in [2.75, 3.05) is 0 Å². The van der Waals surface area contributed by atoms with Crippen molar-refractivity contribution in [3.63, 3.8) is 0 Å². The fourth-order valence-corrected chi connectivity index (χ4v) is 2.35. The lowest BCUT2D eigenvalue weighted by Crippen LogP contribution is -2.41. The van der Waals surface area contributed by atoms with E-state index in [2.05, 4.69) is 10.4 Å². The minimum atomic E-state index is -0.0337. The van der Waals surface area contributed by atoms with Gasteiger partial charge >= 0.3 is 0 Å². The lowest BCUT2D eigenvalue weighted by atomic mass is 9.92. The van der Waals surface area contributed by atoms with Gasteiger partial charge < -0.3 is 11.1 Å². The molecule has 0 radical (unpaired) electrons. The maximum absolute atomic E-state index is 12.0. The number of rotatable bonds is 2. The van der Waals surface area contributed by atoms with Gasteiger partial charge in [0.1, 0.15) is 5.69 Å². The summed E-state index contributed by atoms with van der Waals surface area (Å²) in [5, 5.41) is 7.23. The minimum absolute atomic E-state index is 0.0337. The van der Waals surface area contributed by atoms with Gasteiger partial charge in [0.25, 0.3) is 5.91 Å². The predicted octanol–water partition coefficient (Wildman–Crippen LogP) is 0.728. The average Bonchev–Trinajstić information content (AvgIpc) is 2.61. The molecule has 17 heavy (non-hydrogen) atoms. The normalized spacial score (nSPS) is 24.6. The Hall–Kier alpha value is -1.36. The monoisotopic (exact) mass is 236 g/mol. The first-order valence-corrected chi connectivity index (χ1v) is 6.13. The molecule has 1 aromatic heterocycles. The van der Waals surface area contributed by atoms with Gasteiger partial charge in [0.2, 0.25) is 0 Å². The molecule has 1 amide bonds. The van der Waals surface area contributed by atoms with E-state index in [1.165, 1.54) is 0 Å². The van der Waals surface area contributed by atoms with Crippen LogP contribution in [0.15, 0.2) is 6.07 Å². The van der Waals surface area contributed by atoms with Gasteiger partial charge in [-0.25, -0.2) is 0 Å². The molecule has 0 unspecified atom stereocenters. The van der Waals surface area contributed by atoms with Crippen molar-refractivity contribution in [1.82, 2.24) is 15.1 Å². The first-order valence-electron chi connectivity index (χ1n) is 6.13. The van der Waals surface area contributed by atoms with Crippen LogP contribution in [-0.4, -0.2) is 27.8 Å². The largest absolute Gasteiger partial charge is 0.348 e. The van der Waals surface area contributed by atoms with Crippen LogP contribution in [0.4, 0.5) is 0 Å². The average molecular weight is 236 g/mol. The number of hydrogen-bond donors (Lipinski definition) is 2. The number of carbonyl (C=O) groups excluding carboxylic acids is 1. The lowest BCUT2D eigenvalue weighted by molar-refractivity contribution is 0.0916. The summed E-state index contributed by atoms with van der Waals surface area (Å²) in [5.74, 6) is -0.0337. The van der Waals surface area contributed by atoms with Crippen molar-refractivity contribution in [2.45, 2.75) is 44.7 Å². The molecule has 0 atom stereocenters. The molecule has 1 aromatic rings. The third-order valence-electron chi connectivity index (χ3n) is 3.34. The van der Waals surface area contributed by atoms with Crippen LogP contribution in [0.25, 0.3) is 0 Å². The van der Waals surface area contributed by atoms with Crippen molar-refractivity contribution in [2.24, 2.45) is 12.8 Å². The highest BCUT2D eigenvalue weighted by Crippen LogP contribution is 2.17. The number of amides is 1. The lowest BCUT2D eigenvalue weighted by Gasteiger charge is -2.26. The summed E-state index contributed by atoms with van der Waals surface area (Å²) in [6.07, 6.45) is 3.94. The van der Waals surface area contributed by atoms with Gasteiger partial charge in [0.15, 0.2) is 0 Å². The molecular formula is C12H20N4O. The smallest absolute Gasteiger partial charge is 0.269 e. The molecule has 2 rings (SSSR count). The van der Waals surface area contributed by atoms with E-state index in [-0.39, 0.29) is 11.9 Å². The van der Waals surface area contributed by atoms with Crippen LogP contribution in [0.1, 0.15) is 41.9 Å². The van der Waals surface area contributed by atoms with Crippen LogP contribution < -0.4 is 11.1 Å². The van der Waals surface area contributed by atoms with E-state index in [1.54, 1.807) is 11.7 Å². The molecule has 0 spiro atoms. The van der Waals surface area contributed by atoms with Gasteiger partial charge in [-0.05, 0) is 38.7 Å². The molecule has 3 N–H and O–H groups in total. The molecule has 5 nitrogen and oxygen atoms in total. The number of aromatic nitrogens is 2. The fourth-order valence-electron chi connectivity index (χ4n) is 2.35. The highest BCUT2D eigenvalue weighted by atomic mass is 16.2. The molecule has 0 saturated heterocycles. The van der Waals surface area contributed by atoms with E-state index >= 15 is 0 Å². The third kappa shape index (κ3) is 2.85. The van der Waals surface area contributed by atoms with E-state index in [9.17, 15) is 4.79 Å². The predicted molar refractivity (Wildman–Crippen MR) is 65.6 cm³/mol. The molecular weight excluding hydrogens is 216 g/mol. The van der Waals surface area contributed by atoms with Crippen LogP contribution in [0.2, 0.25) is 0 Å². The molecule has 0 aliphatic heterocycles. The van der Waals surface area contributed by atoms with E-state index in [0.29, 0.717) is 11.7 Å². The molecule has 1 saturated carbocycles. The van der Waals surface area contributed by atoms with Gasteiger partial charge in [-0.15, -0.1) is 0 Å². The fraction of sp³-hybridized carbons (Fsp3) is 0.667. The summed E-state index contributed by atoms with van der Waals surface area (Å²) in [6.45, 7) is 1.89. The van der Waals surface area contributed by atoms with Crippen LogP contribution in [0.3, 0.4) is 0 Å². The number of nitrogens with one attached hydrogen (secondary N) is 1. The zero-order chi connectivity index (χ0) is 12.4. The summed E-state index contributed by atoms with van der Waals surface area (Å²) in [4.78, 5) is 12.0. The highest BCUT2D eigenvalue weighted by molar-refractivity contribution is 5.92. The number of aryl methyl sites for hydroxylation is 2. The van der Waals surface area contributed by atoms with Gasteiger partial charge in [-0.2, -0.15) is 5.10 Å². The van der Waals surface area contributed by atoms with Crippen molar-refractivity contribution in [3.8, 4) is 0 Å². The van der Waals surface area contributed by atoms with Crippen molar-refractivity contribution < 1.29 is 4.79 Å². The summed E-state index contributed by atoms with van der Waals surface area (Å²) < 4.78 is 1.62. The summed E-state index contributed by atoms with van der Waals surface area (Å²) in [6, 6.07) is 2.38. The third-order valence-corrected chi connectivity index (χ3v) is 3.34. The Morgan fingerprint density at radius 1 is 1.47 bits per heavy atom. The molecule has 1 aliphatic carbocycles. The Labute approximate surface area is 101 Å². The number of nitrogens with zero attached hydrogens (tertiary/aromatic N) is 2. The number of nitrogens with two attached hydrogens (primary N) is 1. The molecule has 0 aromatic carbocycles. The topological polar surface area (TPSA) is 72.9 Å². The Bertz CT molecular complexity index is 405. The van der Waals surface area contributed by atoms with Crippen LogP contribution >= 0.6 is 0 Å².